The zero-order valence-electron chi connectivity index (χ0n) is 17.7. The van der Waals surface area contributed by atoms with Gasteiger partial charge in [-0.2, -0.15) is 11.8 Å². The molecule has 1 N–H and O–H groups in total. The Morgan fingerprint density at radius 2 is 1.86 bits per heavy atom. The maximum atomic E-state index is 12.5. The van der Waals surface area contributed by atoms with Crippen LogP contribution in [0.15, 0.2) is 4.99 Å². The van der Waals surface area contributed by atoms with Gasteiger partial charge in [0.2, 0.25) is 10.0 Å². The highest BCUT2D eigenvalue weighted by Gasteiger charge is 2.25. The first-order chi connectivity index (χ1) is 13.6. The van der Waals surface area contributed by atoms with E-state index >= 15 is 0 Å². The van der Waals surface area contributed by atoms with Gasteiger partial charge in [-0.25, -0.2) is 12.7 Å². The van der Waals surface area contributed by atoms with Crippen molar-refractivity contribution in [3.63, 3.8) is 0 Å². The fourth-order valence-electron chi connectivity index (χ4n) is 3.33. The summed E-state index contributed by atoms with van der Waals surface area (Å²) in [4.78, 5) is 6.80. The number of ether oxygens (including phenoxy) is 2. The number of sulfonamides is 1. The smallest absolute Gasteiger partial charge is 0.215 e. The third-order valence-electron chi connectivity index (χ3n) is 4.90. The second kappa shape index (κ2) is 15.1. The van der Waals surface area contributed by atoms with E-state index in [0.717, 1.165) is 69.6 Å². The second-order valence-electron chi connectivity index (χ2n) is 6.97. The molecule has 0 spiro atoms. The van der Waals surface area contributed by atoms with E-state index in [4.69, 9.17) is 9.47 Å². The van der Waals surface area contributed by atoms with Gasteiger partial charge in [0.05, 0.1) is 18.4 Å². The van der Waals surface area contributed by atoms with Crippen LogP contribution in [-0.2, 0) is 19.5 Å². The molecule has 0 atom stereocenters. The lowest BCUT2D eigenvalue weighted by Crippen LogP contribution is -2.47. The number of nitrogens with zero attached hydrogens (tertiary/aromatic N) is 3. The van der Waals surface area contributed by atoms with E-state index in [9.17, 15) is 8.42 Å². The molecule has 0 aromatic rings. The minimum atomic E-state index is -3.21. The molecule has 172 valence electrons. The third kappa shape index (κ3) is 9.90. The van der Waals surface area contributed by atoms with E-state index in [1.165, 1.54) is 0 Å². The van der Waals surface area contributed by atoms with Crippen LogP contribution in [0, 0.1) is 0 Å². The number of nitrogens with one attached hydrogen (secondary N) is 1. The molecule has 29 heavy (non-hydrogen) atoms. The van der Waals surface area contributed by atoms with Crippen LogP contribution >= 0.6 is 35.7 Å². The fraction of sp³-hybridized carbons (Fsp3) is 0.944. The summed E-state index contributed by atoms with van der Waals surface area (Å²) >= 11 is 1.81. The highest BCUT2D eigenvalue weighted by molar-refractivity contribution is 14.0. The molecule has 8 nitrogen and oxygen atoms in total. The van der Waals surface area contributed by atoms with Gasteiger partial charge in [-0.1, -0.05) is 0 Å². The van der Waals surface area contributed by atoms with Gasteiger partial charge in [-0.3, -0.25) is 4.99 Å². The highest BCUT2D eigenvalue weighted by atomic mass is 127. The highest BCUT2D eigenvalue weighted by Crippen LogP contribution is 2.15. The number of aliphatic imine (C=N–C) groups is 1. The molecule has 0 unspecified atom stereocenters. The fourth-order valence-corrected chi connectivity index (χ4v) is 5.79. The van der Waals surface area contributed by atoms with Crippen molar-refractivity contribution in [3.8, 4) is 0 Å². The normalized spacial score (nSPS) is 19.8. The van der Waals surface area contributed by atoms with Crippen LogP contribution in [0.1, 0.15) is 26.2 Å². The van der Waals surface area contributed by atoms with Gasteiger partial charge in [-0.15, -0.1) is 24.0 Å². The molecule has 11 heteroatoms. The van der Waals surface area contributed by atoms with Crippen LogP contribution in [-0.4, -0.2) is 107 Å². The Hall–Kier alpha value is 0.180. The van der Waals surface area contributed by atoms with Gasteiger partial charge in [0.25, 0.3) is 0 Å². The maximum absolute atomic E-state index is 12.5. The van der Waals surface area contributed by atoms with Crippen LogP contribution in [0.2, 0.25) is 0 Å². The molecular weight excluding hydrogens is 527 g/mol. The Bertz CT molecular complexity index is 566. The molecule has 0 bridgehead atoms. The van der Waals surface area contributed by atoms with Crippen molar-refractivity contribution in [1.82, 2.24) is 14.5 Å². The lowest BCUT2D eigenvalue weighted by molar-refractivity contribution is 0.00991. The van der Waals surface area contributed by atoms with Gasteiger partial charge in [-0.05, 0) is 26.2 Å². The monoisotopic (exact) mass is 564 g/mol. The van der Waals surface area contributed by atoms with E-state index in [1.54, 1.807) is 11.4 Å². The van der Waals surface area contributed by atoms with Crippen molar-refractivity contribution in [2.45, 2.75) is 32.3 Å². The standard InChI is InChI=1S/C18H36N4O4S2.HI/c1-3-19-18(20-7-16-28(23,24)22-10-14-27-15-11-22)21-8-5-17(6-9-21)26-13-4-12-25-2;/h17H,3-16H2,1-2H3,(H,19,20);1H. The van der Waals surface area contributed by atoms with Crippen molar-refractivity contribution in [2.24, 2.45) is 4.99 Å². The van der Waals surface area contributed by atoms with E-state index in [2.05, 4.69) is 15.2 Å². The average molecular weight is 565 g/mol. The lowest BCUT2D eigenvalue weighted by atomic mass is 10.1. The average Bonchev–Trinajstić information content (AvgIpc) is 2.72. The molecular formula is C18H37IN4O4S2. The predicted octanol–water partition coefficient (Wildman–Crippen LogP) is 1.47. The summed E-state index contributed by atoms with van der Waals surface area (Å²) in [5.41, 5.74) is 0. The van der Waals surface area contributed by atoms with Crippen LogP contribution < -0.4 is 5.32 Å². The van der Waals surface area contributed by atoms with E-state index in [-0.39, 0.29) is 35.8 Å². The number of likely N-dealkylation sites (tertiary alicyclic amines) is 1. The molecule has 2 rings (SSSR count). The predicted molar refractivity (Wildman–Crippen MR) is 131 cm³/mol. The molecule has 0 aliphatic carbocycles. The summed E-state index contributed by atoms with van der Waals surface area (Å²) in [5, 5.41) is 3.30. The van der Waals surface area contributed by atoms with E-state index < -0.39 is 10.0 Å². The largest absolute Gasteiger partial charge is 0.385 e. The second-order valence-corrected chi connectivity index (χ2v) is 10.3. The molecule has 2 aliphatic heterocycles. The van der Waals surface area contributed by atoms with Crippen LogP contribution in [0.4, 0.5) is 0 Å². The molecule has 0 amide bonds. The Labute approximate surface area is 197 Å². The molecule has 2 aliphatic rings. The van der Waals surface area contributed by atoms with Crippen molar-refractivity contribution in [3.05, 3.63) is 0 Å². The number of piperidine rings is 1. The quantitative estimate of drug-likeness (QED) is 0.186. The molecule has 0 saturated carbocycles. The number of hydrogen-bond acceptors (Lipinski definition) is 6. The molecule has 2 fully saturated rings. The number of hydrogen-bond donors (Lipinski definition) is 1. The van der Waals surface area contributed by atoms with Crippen LogP contribution in [0.5, 0.6) is 0 Å². The van der Waals surface area contributed by atoms with Gasteiger partial charge in [0.15, 0.2) is 5.96 Å². The van der Waals surface area contributed by atoms with Crippen molar-refractivity contribution >= 4 is 51.7 Å². The van der Waals surface area contributed by atoms with Gasteiger partial charge < -0.3 is 19.7 Å². The Morgan fingerprint density at radius 3 is 2.48 bits per heavy atom. The Balaban J connectivity index is 0.00000420. The van der Waals surface area contributed by atoms with Crippen molar-refractivity contribution in [1.29, 1.82) is 0 Å². The maximum Gasteiger partial charge on any atom is 0.215 e. The Morgan fingerprint density at radius 1 is 1.17 bits per heavy atom. The van der Waals surface area contributed by atoms with Gasteiger partial charge in [0.1, 0.15) is 0 Å². The number of methoxy groups -OCH3 is 1. The van der Waals surface area contributed by atoms with Crippen molar-refractivity contribution in [2.75, 3.05) is 76.9 Å². The van der Waals surface area contributed by atoms with Gasteiger partial charge >= 0.3 is 0 Å². The van der Waals surface area contributed by atoms with Crippen molar-refractivity contribution < 1.29 is 17.9 Å². The zero-order chi connectivity index (χ0) is 20.2. The summed E-state index contributed by atoms with van der Waals surface area (Å²) in [5.74, 6) is 2.65. The molecule has 0 radical (unpaired) electrons. The minimum absolute atomic E-state index is 0. The Kier molecular flexibility index (Phi) is 14.1. The third-order valence-corrected chi connectivity index (χ3v) is 7.69. The topological polar surface area (TPSA) is 83.5 Å². The molecule has 0 aromatic carbocycles. The molecule has 2 saturated heterocycles. The molecule has 0 aromatic heterocycles. The minimum Gasteiger partial charge on any atom is -0.385 e. The first-order valence-electron chi connectivity index (χ1n) is 10.3. The summed E-state index contributed by atoms with van der Waals surface area (Å²) < 4.78 is 37.5. The van der Waals surface area contributed by atoms with Crippen LogP contribution in [0.25, 0.3) is 0 Å². The SMILES string of the molecule is CCNC(=NCCS(=O)(=O)N1CCSCC1)N1CCC(OCCCOC)CC1.I. The number of halogens is 1. The first kappa shape index (κ1) is 27.2. The number of rotatable bonds is 10. The summed E-state index contributed by atoms with van der Waals surface area (Å²) in [6.45, 7) is 7.54. The van der Waals surface area contributed by atoms with E-state index in [1.807, 2.05) is 18.7 Å². The first-order valence-corrected chi connectivity index (χ1v) is 13.0. The number of thioether (sulfide) groups is 1. The van der Waals surface area contributed by atoms with Gasteiger partial charge in [0, 0.05) is 64.6 Å². The summed E-state index contributed by atoms with van der Waals surface area (Å²) in [6, 6.07) is 0. The summed E-state index contributed by atoms with van der Waals surface area (Å²) in [6.07, 6.45) is 3.13. The molecule has 2 heterocycles. The summed E-state index contributed by atoms with van der Waals surface area (Å²) in [7, 11) is -1.51. The zero-order valence-corrected chi connectivity index (χ0v) is 21.6. The van der Waals surface area contributed by atoms with Crippen LogP contribution in [0.3, 0.4) is 0 Å². The van der Waals surface area contributed by atoms with E-state index in [0.29, 0.717) is 19.6 Å². The lowest BCUT2D eigenvalue weighted by Gasteiger charge is -2.34. The number of guanidine groups is 1.